The second-order valence-corrected chi connectivity index (χ2v) is 7.78. The molecule has 2 heterocycles. The summed E-state index contributed by atoms with van der Waals surface area (Å²) in [4.78, 5) is 17.7. The molecule has 26 heavy (non-hydrogen) atoms. The van der Waals surface area contributed by atoms with E-state index in [2.05, 4.69) is 4.98 Å². The maximum absolute atomic E-state index is 12.9. The number of rotatable bonds is 4. The molecule has 0 aliphatic carbocycles. The zero-order valence-electron chi connectivity index (χ0n) is 14.1. The van der Waals surface area contributed by atoms with Gasteiger partial charge >= 0.3 is 0 Å². The average molecular weight is 380 g/mol. The molecule has 2 aromatic carbocycles. The molecule has 0 spiro atoms. The second-order valence-electron chi connectivity index (χ2n) is 5.77. The van der Waals surface area contributed by atoms with Crippen LogP contribution in [0.3, 0.4) is 0 Å². The van der Waals surface area contributed by atoms with E-state index >= 15 is 0 Å². The van der Waals surface area contributed by atoms with Crippen molar-refractivity contribution < 1.29 is 9.53 Å². The fourth-order valence-electron chi connectivity index (χ4n) is 3.03. The van der Waals surface area contributed by atoms with E-state index in [0.29, 0.717) is 21.6 Å². The molecule has 6 heteroatoms. The topological polar surface area (TPSA) is 63.0 Å². The predicted octanol–water partition coefficient (Wildman–Crippen LogP) is 5.11. The Labute approximate surface area is 159 Å². The molecule has 1 aliphatic rings. The molecule has 130 valence electrons. The zero-order chi connectivity index (χ0) is 18.1. The quantitative estimate of drug-likeness (QED) is 0.639. The van der Waals surface area contributed by atoms with Crippen molar-refractivity contribution in [3.05, 3.63) is 63.5 Å². The number of nitrogens with zero attached hydrogens (tertiary/aromatic N) is 1. The van der Waals surface area contributed by atoms with Gasteiger partial charge < -0.3 is 4.74 Å². The second kappa shape index (κ2) is 7.05. The fraction of sp³-hybridized carbons (Fsp3) is 0.150. The number of hydrogen-bond donors (Lipinski definition) is 1. The van der Waals surface area contributed by atoms with Crippen LogP contribution in [0.4, 0.5) is 0 Å². The maximum atomic E-state index is 12.9. The first-order valence-corrected chi connectivity index (χ1v) is 9.94. The van der Waals surface area contributed by atoms with Gasteiger partial charge in [0.05, 0.1) is 16.6 Å². The van der Waals surface area contributed by atoms with E-state index in [-0.39, 0.29) is 5.78 Å². The summed E-state index contributed by atoms with van der Waals surface area (Å²) in [5, 5.41) is 13.2. The summed E-state index contributed by atoms with van der Waals surface area (Å²) in [6.07, 6.45) is 3.54. The van der Waals surface area contributed by atoms with E-state index < -0.39 is 5.92 Å². The highest BCUT2D eigenvalue weighted by molar-refractivity contribution is 8.19. The van der Waals surface area contributed by atoms with Crippen LogP contribution in [0, 0.1) is 5.41 Å². The molecule has 1 aliphatic heterocycles. The Morgan fingerprint density at radius 2 is 2.12 bits per heavy atom. The van der Waals surface area contributed by atoms with Gasteiger partial charge in [0.2, 0.25) is 0 Å². The van der Waals surface area contributed by atoms with Gasteiger partial charge in [0, 0.05) is 17.1 Å². The summed E-state index contributed by atoms with van der Waals surface area (Å²) >= 11 is 2.63. The van der Waals surface area contributed by atoms with Gasteiger partial charge in [0.1, 0.15) is 16.7 Å². The van der Waals surface area contributed by atoms with Gasteiger partial charge in [-0.15, -0.1) is 11.3 Å². The van der Waals surface area contributed by atoms with Gasteiger partial charge in [-0.2, -0.15) is 0 Å². The molecule has 0 radical (unpaired) electrons. The lowest BCUT2D eigenvalue weighted by Crippen LogP contribution is -2.11. The lowest BCUT2D eigenvalue weighted by Gasteiger charge is -2.11. The van der Waals surface area contributed by atoms with Gasteiger partial charge in [-0.3, -0.25) is 10.2 Å². The lowest BCUT2D eigenvalue weighted by atomic mass is 10.0. The Morgan fingerprint density at radius 1 is 1.27 bits per heavy atom. The number of allylic oxidation sites excluding steroid dienone is 1. The van der Waals surface area contributed by atoms with E-state index in [0.717, 1.165) is 22.1 Å². The Balaban J connectivity index is 1.82. The van der Waals surface area contributed by atoms with Crippen molar-refractivity contribution in [2.24, 2.45) is 0 Å². The minimum Gasteiger partial charge on any atom is -0.493 e. The van der Waals surface area contributed by atoms with Crippen LogP contribution in [-0.4, -0.2) is 22.4 Å². The number of fused-ring (bicyclic) bond motifs is 1. The first-order valence-electron chi connectivity index (χ1n) is 8.25. The summed E-state index contributed by atoms with van der Waals surface area (Å²) in [5.41, 5.74) is 0.883. The van der Waals surface area contributed by atoms with Crippen LogP contribution in [0.25, 0.3) is 16.8 Å². The first-order chi connectivity index (χ1) is 12.7. The van der Waals surface area contributed by atoms with Gasteiger partial charge in [-0.1, -0.05) is 42.1 Å². The fourth-order valence-corrected chi connectivity index (χ4v) is 4.81. The monoisotopic (exact) mass is 380 g/mol. The summed E-state index contributed by atoms with van der Waals surface area (Å²) in [5.74, 6) is 0.110. The molecular formula is C20H16N2O2S2. The number of thiazole rings is 1. The molecule has 0 amide bonds. The number of ketones is 1. The molecule has 1 atom stereocenters. The molecular weight excluding hydrogens is 364 g/mol. The summed E-state index contributed by atoms with van der Waals surface area (Å²) in [6, 6.07) is 12.0. The van der Waals surface area contributed by atoms with Crippen LogP contribution in [0.1, 0.15) is 23.4 Å². The third-order valence-corrected chi connectivity index (χ3v) is 6.03. The summed E-state index contributed by atoms with van der Waals surface area (Å²) in [6.45, 7) is 2.49. The molecule has 0 saturated carbocycles. The summed E-state index contributed by atoms with van der Waals surface area (Å²) in [7, 11) is 0. The van der Waals surface area contributed by atoms with Crippen molar-refractivity contribution in [2.45, 2.75) is 12.8 Å². The molecule has 1 fully saturated rings. The molecule has 1 N–H and O–H groups in total. The smallest absolute Gasteiger partial charge is 0.186 e. The number of Topliss-reactive ketones (excluding diaryl/α,β-unsaturated/α-hetero) is 1. The van der Waals surface area contributed by atoms with E-state index in [1.165, 1.54) is 23.1 Å². The van der Waals surface area contributed by atoms with Crippen LogP contribution >= 0.6 is 23.1 Å². The number of ether oxygens (including phenoxy) is 1. The van der Waals surface area contributed by atoms with Crippen LogP contribution in [0.15, 0.2) is 52.9 Å². The Kier molecular flexibility index (Phi) is 4.61. The molecule has 0 unspecified atom stereocenters. The Hall–Kier alpha value is -2.44. The van der Waals surface area contributed by atoms with Crippen molar-refractivity contribution in [3.8, 4) is 5.75 Å². The van der Waals surface area contributed by atoms with Crippen molar-refractivity contribution in [1.82, 2.24) is 4.98 Å². The van der Waals surface area contributed by atoms with Crippen LogP contribution in [0.2, 0.25) is 0 Å². The van der Waals surface area contributed by atoms with Crippen molar-refractivity contribution in [1.29, 1.82) is 5.41 Å². The molecule has 0 bridgehead atoms. The third kappa shape index (κ3) is 2.95. The Bertz CT molecular complexity index is 1030. The molecule has 1 aromatic heterocycles. The number of aromatic nitrogens is 1. The minimum absolute atomic E-state index is 0.0645. The summed E-state index contributed by atoms with van der Waals surface area (Å²) < 4.78 is 5.79. The maximum Gasteiger partial charge on any atom is 0.186 e. The first kappa shape index (κ1) is 17.0. The number of nitrogens with one attached hydrogen (secondary N) is 1. The zero-order valence-corrected chi connectivity index (χ0v) is 15.7. The largest absolute Gasteiger partial charge is 0.493 e. The number of carbonyl (C=O) groups is 1. The van der Waals surface area contributed by atoms with Crippen LogP contribution in [-0.2, 0) is 4.79 Å². The number of carbonyl (C=O) groups excluding carboxylic acids is 1. The minimum atomic E-state index is -0.572. The normalized spacial score (nSPS) is 18.8. The van der Waals surface area contributed by atoms with E-state index in [1.807, 2.05) is 54.8 Å². The van der Waals surface area contributed by atoms with Gasteiger partial charge in [0.25, 0.3) is 0 Å². The molecule has 4 rings (SSSR count). The standard InChI is InChI=1S/C20H16N2O2S2/c1-2-24-15-8-7-12-5-3-4-6-13(12)14(15)11-16-18(23)17(19(21)26-16)20-22-9-10-25-20/h3-11,17,21H,2H2,1H3/b16-11-,21-19?/t17-/m0/s1. The highest BCUT2D eigenvalue weighted by Gasteiger charge is 2.38. The van der Waals surface area contributed by atoms with E-state index in [4.69, 9.17) is 10.1 Å². The molecule has 4 nitrogen and oxygen atoms in total. The van der Waals surface area contributed by atoms with Crippen molar-refractivity contribution in [2.75, 3.05) is 6.61 Å². The number of hydrogen-bond acceptors (Lipinski definition) is 6. The number of benzene rings is 2. The SMILES string of the molecule is CCOc1ccc2ccccc2c1/C=C1\SC(=N)[C@@H](c2nccs2)C1=O. The van der Waals surface area contributed by atoms with Crippen LogP contribution in [0.5, 0.6) is 5.75 Å². The van der Waals surface area contributed by atoms with Gasteiger partial charge in [-0.05, 0) is 29.8 Å². The predicted molar refractivity (Wildman–Crippen MR) is 108 cm³/mol. The lowest BCUT2D eigenvalue weighted by molar-refractivity contribution is -0.114. The third-order valence-electron chi connectivity index (χ3n) is 4.19. The van der Waals surface area contributed by atoms with Crippen LogP contribution < -0.4 is 4.74 Å². The van der Waals surface area contributed by atoms with Crippen molar-refractivity contribution >= 4 is 50.8 Å². The number of thioether (sulfide) groups is 1. The molecule has 1 saturated heterocycles. The molecule has 3 aromatic rings. The highest BCUT2D eigenvalue weighted by Crippen LogP contribution is 2.42. The van der Waals surface area contributed by atoms with Crippen molar-refractivity contribution in [3.63, 3.8) is 0 Å². The van der Waals surface area contributed by atoms with Gasteiger partial charge in [0.15, 0.2) is 5.78 Å². The Morgan fingerprint density at radius 3 is 2.88 bits per heavy atom. The van der Waals surface area contributed by atoms with E-state index in [1.54, 1.807) is 6.20 Å². The highest BCUT2D eigenvalue weighted by atomic mass is 32.2. The van der Waals surface area contributed by atoms with E-state index in [9.17, 15) is 4.79 Å². The average Bonchev–Trinajstić information content (AvgIpc) is 3.25. The van der Waals surface area contributed by atoms with Gasteiger partial charge in [-0.25, -0.2) is 4.98 Å².